The van der Waals surface area contributed by atoms with Crippen LogP contribution in [0.2, 0.25) is 0 Å². The first-order valence-electron chi connectivity index (χ1n) is 26.7. The summed E-state index contributed by atoms with van der Waals surface area (Å²) in [5.74, 6) is -5.11. The van der Waals surface area contributed by atoms with E-state index in [9.17, 15) is 60.3 Å². The number of rotatable bonds is 9. The summed E-state index contributed by atoms with van der Waals surface area (Å²) >= 11 is 0. The van der Waals surface area contributed by atoms with E-state index in [1.54, 1.807) is 68.5 Å². The second-order valence-electron chi connectivity index (χ2n) is 21.1. The number of anilines is 1. The molecule has 3 aliphatic heterocycles. The van der Waals surface area contributed by atoms with Gasteiger partial charge in [0.05, 0.1) is 67.4 Å². The summed E-state index contributed by atoms with van der Waals surface area (Å²) in [5, 5.41) is 98.9. The van der Waals surface area contributed by atoms with E-state index in [0.29, 0.717) is 17.7 Å². The number of hydrogen-bond acceptors (Lipinski definition) is 18. The van der Waals surface area contributed by atoms with Crippen molar-refractivity contribution in [2.24, 2.45) is 29.4 Å². The Morgan fingerprint density at radius 1 is 0.776 bits per heavy atom. The number of esters is 1. The molecular weight excluding hydrogens is 981 g/mol. The number of nitrogens with two attached hydrogens (primary N) is 2. The van der Waals surface area contributed by atoms with Gasteiger partial charge >= 0.3 is 5.97 Å². The van der Waals surface area contributed by atoms with Gasteiger partial charge in [0, 0.05) is 61.6 Å². The van der Waals surface area contributed by atoms with Gasteiger partial charge in [-0.1, -0.05) is 113 Å². The highest BCUT2D eigenvalue weighted by atomic mass is 16.7. The van der Waals surface area contributed by atoms with Crippen molar-refractivity contribution in [3.8, 4) is 0 Å². The molecule has 2 fully saturated rings. The average Bonchev–Trinajstić information content (AvgIpc) is 3.35. The second kappa shape index (κ2) is 31.8. The first kappa shape index (κ1) is 64.0. The molecule has 18 nitrogen and oxygen atoms in total. The monoisotopic (exact) mass is 1070 g/mol. The Bertz CT molecular complexity index is 2160. The number of aliphatic hydroxyl groups is 9. The molecule has 1 aromatic rings. The van der Waals surface area contributed by atoms with Crippen molar-refractivity contribution in [3.63, 3.8) is 0 Å². The van der Waals surface area contributed by atoms with Crippen LogP contribution in [-0.2, 0) is 28.5 Å². The van der Waals surface area contributed by atoms with Crippen LogP contribution in [0.15, 0.2) is 109 Å². The molecule has 0 saturated carbocycles. The van der Waals surface area contributed by atoms with Gasteiger partial charge in [-0.2, -0.15) is 0 Å². The fourth-order valence-corrected chi connectivity index (χ4v) is 9.70. The number of benzene rings is 1. The first-order valence-corrected chi connectivity index (χ1v) is 26.7. The Labute approximate surface area is 447 Å². The van der Waals surface area contributed by atoms with Crippen molar-refractivity contribution < 1.29 is 79.3 Å². The third-order valence-corrected chi connectivity index (χ3v) is 14.5. The van der Waals surface area contributed by atoms with Crippen LogP contribution in [-0.4, -0.2) is 155 Å². The lowest BCUT2D eigenvalue weighted by Gasteiger charge is -2.47. The number of cyclic esters (lactones) is 1. The predicted molar refractivity (Wildman–Crippen MR) is 287 cm³/mol. The lowest BCUT2D eigenvalue weighted by molar-refractivity contribution is -0.332. The molecule has 18 heteroatoms. The quantitative estimate of drug-likeness (QED) is 0.0942. The van der Waals surface area contributed by atoms with Gasteiger partial charge in [-0.05, 0) is 68.7 Å². The Hall–Kier alpha value is -4.51. The number of ether oxygens (including phenoxy) is 4. The van der Waals surface area contributed by atoms with E-state index in [2.05, 4.69) is 0 Å². The number of hydrogen-bond donors (Lipinski definition) is 11. The molecule has 0 aliphatic carbocycles. The van der Waals surface area contributed by atoms with Crippen LogP contribution in [0, 0.1) is 23.7 Å². The van der Waals surface area contributed by atoms with E-state index >= 15 is 0 Å². The van der Waals surface area contributed by atoms with Gasteiger partial charge < -0.3 is 76.4 Å². The second-order valence-corrected chi connectivity index (χ2v) is 21.1. The topological polar surface area (TPSA) is 322 Å². The number of ketones is 2. The molecule has 0 aromatic heterocycles. The molecule has 2 saturated heterocycles. The van der Waals surface area contributed by atoms with Crippen LogP contribution in [0.1, 0.15) is 116 Å². The number of nitrogen functional groups attached to an aromatic ring is 1. The zero-order valence-corrected chi connectivity index (χ0v) is 44.6. The Balaban J connectivity index is 1.51. The molecular formula is C58H86N2O16. The van der Waals surface area contributed by atoms with Crippen LogP contribution in [0.4, 0.5) is 5.69 Å². The van der Waals surface area contributed by atoms with Crippen LogP contribution in [0.25, 0.3) is 0 Å². The smallest absolute Gasteiger partial charge is 0.308 e. The molecule has 2 bridgehead atoms. The van der Waals surface area contributed by atoms with Crippen molar-refractivity contribution in [2.45, 2.75) is 197 Å². The van der Waals surface area contributed by atoms with Crippen LogP contribution in [0.5, 0.6) is 0 Å². The maximum atomic E-state index is 13.4. The molecule has 0 radical (unpaired) electrons. The minimum Gasteiger partial charge on any atom is -0.461 e. The summed E-state index contributed by atoms with van der Waals surface area (Å²) in [6.45, 7) is 8.92. The normalized spacial score (nSPS) is 35.9. The number of allylic oxidation sites excluding steroid dienone is 12. The van der Waals surface area contributed by atoms with Gasteiger partial charge in [-0.15, -0.1) is 0 Å². The summed E-state index contributed by atoms with van der Waals surface area (Å²) in [7, 11) is 0. The summed E-state index contributed by atoms with van der Waals surface area (Å²) < 4.78 is 24.1. The van der Waals surface area contributed by atoms with E-state index in [1.165, 1.54) is 0 Å². The largest absolute Gasteiger partial charge is 0.461 e. The number of fused-ring (bicyclic) bond motifs is 2. The fraction of sp³-hybridized carbons (Fsp3) is 0.603. The number of carbonyl (C=O) groups excluding carboxylic acids is 3. The van der Waals surface area contributed by atoms with E-state index in [0.717, 1.165) is 0 Å². The Morgan fingerprint density at radius 3 is 1.99 bits per heavy atom. The van der Waals surface area contributed by atoms with E-state index < -0.39 is 116 Å². The summed E-state index contributed by atoms with van der Waals surface area (Å²) in [4.78, 5) is 39.2. The van der Waals surface area contributed by atoms with Gasteiger partial charge in [-0.25, -0.2) is 0 Å². The maximum Gasteiger partial charge on any atom is 0.308 e. The molecule has 19 unspecified atom stereocenters. The van der Waals surface area contributed by atoms with Gasteiger partial charge in [-0.3, -0.25) is 14.4 Å². The van der Waals surface area contributed by atoms with Crippen molar-refractivity contribution in [2.75, 3.05) is 5.73 Å². The van der Waals surface area contributed by atoms with Crippen LogP contribution in [0.3, 0.4) is 0 Å². The third kappa shape index (κ3) is 21.0. The molecule has 0 spiro atoms. The lowest BCUT2D eigenvalue weighted by atomic mass is 9.83. The highest BCUT2D eigenvalue weighted by Crippen LogP contribution is 2.38. The number of Topliss-reactive ketones (excluding diaryl/α,β-unsaturated/α-hetero) is 2. The molecule has 3 heterocycles. The molecule has 4 rings (SSSR count). The number of carbonyl (C=O) groups is 3. The SMILES string of the molecule is CC1C=CC=CC=CC=CC=CC=CC=CC(OC2OC(C)C(O)C(N)C2O)CC2OC(O)(CC(O)C2C)C(O)CC(O)CC(O)CC(=O)CCCC(O)CC(=O)OC1C(C)CC(C)C(O)CC(=O)c1ccc(N)cc1. The maximum absolute atomic E-state index is 13.4. The average molecular weight is 1070 g/mol. The van der Waals surface area contributed by atoms with Crippen LogP contribution >= 0.6 is 0 Å². The summed E-state index contributed by atoms with van der Waals surface area (Å²) in [5.41, 5.74) is 12.8. The molecule has 13 N–H and O–H groups in total. The molecule has 1 aromatic carbocycles. The minimum absolute atomic E-state index is 0.0155. The van der Waals surface area contributed by atoms with E-state index in [-0.39, 0.29) is 80.7 Å². The molecule has 3 aliphatic rings. The Kier molecular flexibility index (Phi) is 26.8. The zero-order chi connectivity index (χ0) is 56.1. The molecule has 19 atom stereocenters. The van der Waals surface area contributed by atoms with Crippen molar-refractivity contribution in [3.05, 3.63) is 115 Å². The van der Waals surface area contributed by atoms with Gasteiger partial charge in [0.15, 0.2) is 17.9 Å². The van der Waals surface area contributed by atoms with Gasteiger partial charge in [0.1, 0.15) is 24.1 Å². The minimum atomic E-state index is -2.35. The summed E-state index contributed by atoms with van der Waals surface area (Å²) in [6.07, 6.45) is 8.88. The first-order chi connectivity index (χ1) is 36.0. The highest BCUT2D eigenvalue weighted by Gasteiger charge is 2.50. The Morgan fingerprint density at radius 2 is 1.37 bits per heavy atom. The predicted octanol–water partition coefficient (Wildman–Crippen LogP) is 4.11. The lowest BCUT2D eigenvalue weighted by Crippen LogP contribution is -2.61. The molecule has 424 valence electrons. The van der Waals surface area contributed by atoms with E-state index in [4.69, 9.17) is 30.4 Å². The fourth-order valence-electron chi connectivity index (χ4n) is 9.70. The van der Waals surface area contributed by atoms with E-state index in [1.807, 2.05) is 75.5 Å². The molecule has 76 heavy (non-hydrogen) atoms. The van der Waals surface area contributed by atoms with Crippen molar-refractivity contribution in [1.29, 1.82) is 0 Å². The van der Waals surface area contributed by atoms with Crippen molar-refractivity contribution >= 4 is 23.2 Å². The zero-order valence-electron chi connectivity index (χ0n) is 44.6. The highest BCUT2D eigenvalue weighted by molar-refractivity contribution is 5.96. The third-order valence-electron chi connectivity index (χ3n) is 14.5. The van der Waals surface area contributed by atoms with Crippen molar-refractivity contribution in [1.82, 2.24) is 0 Å². The standard InChI is InChI=1S/C58H86N2O16/c1-35-19-16-14-12-10-8-6-7-9-11-13-15-17-22-46(74-57-55(71)53(60)54(70)39(5)73-57)32-50-38(4)49(67)34-58(72,76-50)51(68)30-45(64)29-44(63)28-42(61)20-18-21-43(62)31-52(69)75-56(35)37(3)27-36(2)47(65)33-48(66)40-23-25-41(59)26-24-40/h6-17,19,22-26,35-39,43-47,49-51,53-57,62-65,67-68,70-72H,18,20-21,27-34,59-60H2,1-5H3. The van der Waals surface area contributed by atoms with Crippen LogP contribution < -0.4 is 11.5 Å². The van der Waals surface area contributed by atoms with Gasteiger partial charge in [0.25, 0.3) is 0 Å². The number of aliphatic hydroxyl groups excluding tert-OH is 8. The molecule has 0 amide bonds. The van der Waals surface area contributed by atoms with Gasteiger partial charge in [0.2, 0.25) is 0 Å². The summed E-state index contributed by atoms with van der Waals surface area (Å²) in [6, 6.07) is 5.41.